The van der Waals surface area contributed by atoms with Crippen LogP contribution in [0.2, 0.25) is 0 Å². The Labute approximate surface area is 208 Å². The molecular weight excluding hydrogens is 456 g/mol. The van der Waals surface area contributed by atoms with Gasteiger partial charge in [-0.15, -0.1) is 10.2 Å². The Balaban J connectivity index is 1.33. The highest BCUT2D eigenvalue weighted by Crippen LogP contribution is 2.31. The molecule has 184 valence electrons. The Hall–Kier alpha value is -4.11. The Kier molecular flexibility index (Phi) is 5.69. The van der Waals surface area contributed by atoms with E-state index < -0.39 is 0 Å². The van der Waals surface area contributed by atoms with Gasteiger partial charge in [0.1, 0.15) is 11.5 Å². The molecule has 2 aromatic carbocycles. The fourth-order valence-corrected chi connectivity index (χ4v) is 4.96. The van der Waals surface area contributed by atoms with E-state index in [4.69, 9.17) is 18.9 Å². The maximum Gasteiger partial charge on any atom is 0.213 e. The normalized spacial score (nSPS) is 16.6. The number of fused-ring (bicyclic) bond motifs is 3. The minimum atomic E-state index is 0.289. The molecule has 36 heavy (non-hydrogen) atoms. The van der Waals surface area contributed by atoms with Gasteiger partial charge in [-0.2, -0.15) is 0 Å². The van der Waals surface area contributed by atoms with Crippen molar-refractivity contribution in [3.8, 4) is 23.1 Å². The van der Waals surface area contributed by atoms with Crippen LogP contribution in [0, 0.1) is 0 Å². The molecule has 1 fully saturated rings. The average Bonchev–Trinajstić information content (AvgIpc) is 3.60. The first-order valence-electron chi connectivity index (χ1n) is 12.0. The Morgan fingerprint density at radius 2 is 1.89 bits per heavy atom. The molecule has 5 aromatic rings. The van der Waals surface area contributed by atoms with Crippen molar-refractivity contribution in [3.63, 3.8) is 0 Å². The quantitative estimate of drug-likeness (QED) is 0.354. The third-order valence-corrected chi connectivity index (χ3v) is 6.89. The predicted molar refractivity (Wildman–Crippen MR) is 138 cm³/mol. The van der Waals surface area contributed by atoms with E-state index in [9.17, 15) is 0 Å². The number of hydrogen-bond donors (Lipinski definition) is 0. The molecule has 6 rings (SSSR count). The van der Waals surface area contributed by atoms with Crippen LogP contribution in [-0.2, 0) is 6.54 Å². The van der Waals surface area contributed by atoms with Gasteiger partial charge in [-0.1, -0.05) is 18.2 Å². The van der Waals surface area contributed by atoms with Crippen LogP contribution in [0.15, 0.2) is 65.3 Å². The third-order valence-electron chi connectivity index (χ3n) is 6.89. The summed E-state index contributed by atoms with van der Waals surface area (Å²) in [6, 6.07) is 18.1. The highest BCUT2D eigenvalue weighted by atomic mass is 16.5. The molecule has 1 saturated heterocycles. The topological polar surface area (TPSA) is 81.2 Å². The van der Waals surface area contributed by atoms with E-state index in [2.05, 4.69) is 33.0 Å². The van der Waals surface area contributed by atoms with E-state index in [1.54, 1.807) is 20.5 Å². The van der Waals surface area contributed by atoms with Crippen molar-refractivity contribution in [3.05, 3.63) is 66.4 Å². The second kappa shape index (κ2) is 9.16. The number of piperazine rings is 1. The van der Waals surface area contributed by atoms with Crippen molar-refractivity contribution >= 4 is 22.5 Å². The Morgan fingerprint density at radius 1 is 1.00 bits per heavy atom. The monoisotopic (exact) mass is 484 g/mol. The number of furan rings is 1. The zero-order valence-corrected chi connectivity index (χ0v) is 20.6. The van der Waals surface area contributed by atoms with Crippen molar-refractivity contribution in [2.75, 3.05) is 38.8 Å². The zero-order chi connectivity index (χ0) is 24.6. The number of ether oxygens (including phenoxy) is 2. The summed E-state index contributed by atoms with van der Waals surface area (Å²) in [5, 5.41) is 9.98. The van der Waals surface area contributed by atoms with Crippen LogP contribution in [0.3, 0.4) is 0 Å². The number of hydrogen-bond acceptors (Lipinski definition) is 8. The van der Waals surface area contributed by atoms with Crippen LogP contribution in [0.5, 0.6) is 11.5 Å². The molecule has 9 heteroatoms. The van der Waals surface area contributed by atoms with Gasteiger partial charge in [0.25, 0.3) is 0 Å². The lowest BCUT2D eigenvalue weighted by Gasteiger charge is -2.40. The van der Waals surface area contributed by atoms with Crippen molar-refractivity contribution < 1.29 is 13.9 Å². The fourth-order valence-electron chi connectivity index (χ4n) is 4.96. The average molecular weight is 485 g/mol. The number of para-hydroxylation sites is 1. The lowest BCUT2D eigenvalue weighted by molar-refractivity contribution is 0.178. The molecular formula is C27H28N6O3. The van der Waals surface area contributed by atoms with Gasteiger partial charge in [0, 0.05) is 49.2 Å². The minimum absolute atomic E-state index is 0.289. The van der Waals surface area contributed by atoms with Crippen molar-refractivity contribution in [1.29, 1.82) is 0 Å². The number of benzene rings is 2. The lowest BCUT2D eigenvalue weighted by atomic mass is 10.1. The minimum Gasteiger partial charge on any atom is -0.497 e. The largest absolute Gasteiger partial charge is 0.497 e. The molecule has 9 nitrogen and oxygen atoms in total. The van der Waals surface area contributed by atoms with Gasteiger partial charge in [-0.25, -0.2) is 9.38 Å². The van der Waals surface area contributed by atoms with Crippen LogP contribution in [0.1, 0.15) is 12.5 Å². The summed E-state index contributed by atoms with van der Waals surface area (Å²) in [6.45, 7) is 5.56. The smallest absolute Gasteiger partial charge is 0.213 e. The van der Waals surface area contributed by atoms with Gasteiger partial charge in [0.15, 0.2) is 11.4 Å². The number of aromatic nitrogens is 4. The van der Waals surface area contributed by atoms with Gasteiger partial charge in [0.05, 0.1) is 26.0 Å². The van der Waals surface area contributed by atoms with Crippen LogP contribution >= 0.6 is 0 Å². The van der Waals surface area contributed by atoms with E-state index in [0.717, 1.165) is 65.7 Å². The molecule has 3 aromatic heterocycles. The third kappa shape index (κ3) is 3.81. The van der Waals surface area contributed by atoms with Gasteiger partial charge in [-0.05, 0) is 37.3 Å². The first-order valence-corrected chi connectivity index (χ1v) is 12.0. The summed E-state index contributed by atoms with van der Waals surface area (Å²) in [4.78, 5) is 9.87. The van der Waals surface area contributed by atoms with Crippen LogP contribution in [-0.4, -0.2) is 64.4 Å². The van der Waals surface area contributed by atoms with Gasteiger partial charge in [-0.3, -0.25) is 4.90 Å². The molecule has 0 bridgehead atoms. The first-order chi connectivity index (χ1) is 17.7. The molecule has 0 unspecified atom stereocenters. The summed E-state index contributed by atoms with van der Waals surface area (Å²) in [5.74, 6) is 3.78. The van der Waals surface area contributed by atoms with E-state index in [0.29, 0.717) is 11.6 Å². The van der Waals surface area contributed by atoms with Crippen molar-refractivity contribution in [1.82, 2.24) is 24.5 Å². The molecule has 0 radical (unpaired) electrons. The van der Waals surface area contributed by atoms with E-state index in [1.165, 1.54) is 0 Å². The summed E-state index contributed by atoms with van der Waals surface area (Å²) in [7, 11) is 3.37. The predicted octanol–water partition coefficient (Wildman–Crippen LogP) is 4.27. The maximum atomic E-state index is 5.68. The number of methoxy groups -OCH3 is 2. The summed E-state index contributed by atoms with van der Waals surface area (Å²) >= 11 is 0. The molecule has 0 amide bonds. The van der Waals surface area contributed by atoms with E-state index in [-0.39, 0.29) is 6.04 Å². The number of nitrogens with zero attached hydrogens (tertiary/aromatic N) is 6. The number of rotatable bonds is 6. The molecule has 1 aliphatic heterocycles. The molecule has 0 N–H and O–H groups in total. The maximum absolute atomic E-state index is 5.68. The molecule has 1 atom stereocenters. The number of anilines is 1. The summed E-state index contributed by atoms with van der Waals surface area (Å²) < 4.78 is 18.7. The van der Waals surface area contributed by atoms with E-state index >= 15 is 0 Å². The van der Waals surface area contributed by atoms with Gasteiger partial charge >= 0.3 is 0 Å². The van der Waals surface area contributed by atoms with Gasteiger partial charge in [0.2, 0.25) is 11.8 Å². The van der Waals surface area contributed by atoms with Crippen LogP contribution < -0.4 is 14.4 Å². The summed E-state index contributed by atoms with van der Waals surface area (Å²) in [6.07, 6.45) is 1.65. The summed E-state index contributed by atoms with van der Waals surface area (Å²) in [5.41, 5.74) is 2.82. The molecule has 0 aliphatic carbocycles. The molecule has 0 spiro atoms. The van der Waals surface area contributed by atoms with Crippen LogP contribution in [0.4, 0.5) is 5.95 Å². The highest BCUT2D eigenvalue weighted by Gasteiger charge is 2.29. The SMILES string of the molecule is COc1ccc(CN2CCN(c3nc4ccccc4c4nnc(-c5ccco5)n34)C[C@H]2C)c(OC)c1. The van der Waals surface area contributed by atoms with E-state index in [1.807, 2.05) is 52.9 Å². The second-order valence-corrected chi connectivity index (χ2v) is 9.03. The van der Waals surface area contributed by atoms with Crippen LogP contribution in [0.25, 0.3) is 28.1 Å². The lowest BCUT2D eigenvalue weighted by Crippen LogP contribution is -2.52. The molecule has 0 saturated carbocycles. The second-order valence-electron chi connectivity index (χ2n) is 9.03. The Bertz CT molecular complexity index is 1510. The van der Waals surface area contributed by atoms with Gasteiger partial charge < -0.3 is 18.8 Å². The highest BCUT2D eigenvalue weighted by molar-refractivity contribution is 5.93. The van der Waals surface area contributed by atoms with Crippen molar-refractivity contribution in [2.45, 2.75) is 19.5 Å². The van der Waals surface area contributed by atoms with Crippen molar-refractivity contribution in [2.24, 2.45) is 0 Å². The molecule has 1 aliphatic rings. The standard InChI is InChI=1S/C27H28N6O3/c1-18-16-32(13-12-31(18)17-19-10-11-20(34-2)15-24(19)35-3)27-28-22-8-5-4-7-21(22)25-29-30-26(33(25)27)23-9-6-14-36-23/h4-11,14-15,18H,12-13,16-17H2,1-3H3/t18-/m1/s1. The Morgan fingerprint density at radius 3 is 2.67 bits per heavy atom. The zero-order valence-electron chi connectivity index (χ0n) is 20.6. The fraction of sp³-hybridized carbons (Fsp3) is 0.296. The first kappa shape index (κ1) is 22.4. The molecule has 4 heterocycles.